The van der Waals surface area contributed by atoms with Crippen molar-refractivity contribution in [3.63, 3.8) is 0 Å². The smallest absolute Gasteiger partial charge is 0.222 e. The van der Waals surface area contributed by atoms with Crippen LogP contribution in [0.15, 0.2) is 24.7 Å². The zero-order chi connectivity index (χ0) is 18.9. The number of rotatable bonds is 5. The maximum absolute atomic E-state index is 12.2. The van der Waals surface area contributed by atoms with E-state index in [2.05, 4.69) is 42.6 Å². The molecule has 1 saturated heterocycles. The first-order valence-electron chi connectivity index (χ1n) is 9.80. The molecule has 1 amide bonds. The van der Waals surface area contributed by atoms with Crippen molar-refractivity contribution in [3.8, 4) is 0 Å². The van der Waals surface area contributed by atoms with Crippen LogP contribution in [0.5, 0.6) is 0 Å². The van der Waals surface area contributed by atoms with E-state index in [0.29, 0.717) is 19.1 Å². The summed E-state index contributed by atoms with van der Waals surface area (Å²) in [7, 11) is 1.68. The molecule has 0 radical (unpaired) electrons. The lowest BCUT2D eigenvalue weighted by molar-refractivity contribution is -0.132. The van der Waals surface area contributed by atoms with Gasteiger partial charge in [-0.15, -0.1) is 0 Å². The van der Waals surface area contributed by atoms with E-state index in [-0.39, 0.29) is 5.91 Å². The Labute approximate surface area is 157 Å². The predicted octanol–water partition coefficient (Wildman–Crippen LogP) is 4.35. The minimum atomic E-state index is 0.262. The Morgan fingerprint density at radius 3 is 2.65 bits per heavy atom. The summed E-state index contributed by atoms with van der Waals surface area (Å²) in [6.07, 6.45) is 10.7. The molecule has 0 aliphatic carbocycles. The number of hydrogen-bond donors (Lipinski definition) is 0. The molecule has 1 aliphatic heterocycles. The summed E-state index contributed by atoms with van der Waals surface area (Å²) >= 11 is 0. The second kappa shape index (κ2) is 10.3. The molecule has 0 saturated carbocycles. The number of amides is 1. The Balaban J connectivity index is 0.000000758. The molecular weight excluding hydrogens is 326 g/mol. The van der Waals surface area contributed by atoms with Gasteiger partial charge in [-0.05, 0) is 37.8 Å². The van der Waals surface area contributed by atoms with Crippen LogP contribution in [-0.4, -0.2) is 47.2 Å². The van der Waals surface area contributed by atoms with Gasteiger partial charge in [0, 0.05) is 63.2 Å². The molecule has 0 spiro atoms. The number of methoxy groups -OCH3 is 1. The molecule has 0 unspecified atom stereocenters. The quantitative estimate of drug-likeness (QED) is 0.746. The van der Waals surface area contributed by atoms with Crippen LogP contribution in [0.2, 0.25) is 0 Å². The molecule has 144 valence electrons. The molecule has 1 aliphatic rings. The van der Waals surface area contributed by atoms with Crippen molar-refractivity contribution in [1.82, 2.24) is 14.5 Å². The van der Waals surface area contributed by atoms with E-state index < -0.39 is 0 Å². The van der Waals surface area contributed by atoms with Crippen LogP contribution in [-0.2, 0) is 9.53 Å². The number of pyridine rings is 1. The van der Waals surface area contributed by atoms with Crippen LogP contribution in [0, 0.1) is 6.92 Å². The number of aryl methyl sites for hydroxylation is 1. The number of likely N-dealkylation sites (tertiary alicyclic amines) is 1. The zero-order valence-electron chi connectivity index (χ0n) is 16.7. The Bertz CT molecular complexity index is 688. The van der Waals surface area contributed by atoms with Crippen molar-refractivity contribution in [2.45, 2.75) is 58.9 Å². The van der Waals surface area contributed by atoms with Crippen molar-refractivity contribution in [1.29, 1.82) is 0 Å². The average Bonchev–Trinajstić information content (AvgIpc) is 3.00. The Hall–Kier alpha value is -1.88. The molecule has 2 aromatic heterocycles. The molecule has 5 heteroatoms. The lowest BCUT2D eigenvalue weighted by Crippen LogP contribution is -2.39. The highest BCUT2D eigenvalue weighted by molar-refractivity contribution is 5.82. The highest BCUT2D eigenvalue weighted by Gasteiger charge is 2.24. The number of carbonyl (C=O) groups excluding carboxylic acids is 1. The van der Waals surface area contributed by atoms with Gasteiger partial charge in [0.1, 0.15) is 0 Å². The van der Waals surface area contributed by atoms with Gasteiger partial charge in [0.2, 0.25) is 5.91 Å². The van der Waals surface area contributed by atoms with E-state index in [4.69, 9.17) is 4.74 Å². The number of aromatic nitrogens is 2. The van der Waals surface area contributed by atoms with Crippen LogP contribution < -0.4 is 0 Å². The first-order valence-corrected chi connectivity index (χ1v) is 9.80. The summed E-state index contributed by atoms with van der Waals surface area (Å²) in [5.41, 5.74) is 2.52. The highest BCUT2D eigenvalue weighted by atomic mass is 16.5. The molecule has 0 atom stereocenters. The van der Waals surface area contributed by atoms with Crippen molar-refractivity contribution >= 4 is 16.8 Å². The molecule has 3 heterocycles. The number of hydrogen-bond acceptors (Lipinski definition) is 3. The van der Waals surface area contributed by atoms with Crippen molar-refractivity contribution in [3.05, 3.63) is 30.2 Å². The molecule has 3 rings (SSSR count). The SMILES string of the molecule is CCC.COCCCC(=O)N1CCC(n2cc(C)c3cnccc32)CC1. The maximum Gasteiger partial charge on any atom is 0.222 e. The van der Waals surface area contributed by atoms with Crippen LogP contribution in [0.4, 0.5) is 0 Å². The van der Waals surface area contributed by atoms with Gasteiger partial charge in [-0.1, -0.05) is 20.3 Å². The molecule has 0 N–H and O–H groups in total. The number of ether oxygens (including phenoxy) is 1. The minimum absolute atomic E-state index is 0.262. The van der Waals surface area contributed by atoms with E-state index in [1.54, 1.807) is 7.11 Å². The van der Waals surface area contributed by atoms with Gasteiger partial charge >= 0.3 is 0 Å². The zero-order valence-corrected chi connectivity index (χ0v) is 16.7. The van der Waals surface area contributed by atoms with Crippen molar-refractivity contribution in [2.24, 2.45) is 0 Å². The van der Waals surface area contributed by atoms with E-state index in [9.17, 15) is 4.79 Å². The number of piperidine rings is 1. The summed E-state index contributed by atoms with van der Waals surface area (Å²) in [4.78, 5) is 18.4. The second-order valence-electron chi connectivity index (χ2n) is 7.03. The van der Waals surface area contributed by atoms with Crippen LogP contribution in [0.3, 0.4) is 0 Å². The van der Waals surface area contributed by atoms with Gasteiger partial charge in [0.15, 0.2) is 0 Å². The van der Waals surface area contributed by atoms with Gasteiger partial charge < -0.3 is 14.2 Å². The predicted molar refractivity (Wildman–Crippen MR) is 106 cm³/mol. The lowest BCUT2D eigenvalue weighted by atomic mass is 10.0. The molecule has 5 nitrogen and oxygen atoms in total. The molecule has 0 aromatic carbocycles. The topological polar surface area (TPSA) is 47.4 Å². The summed E-state index contributed by atoms with van der Waals surface area (Å²) in [6.45, 7) is 8.74. The van der Waals surface area contributed by atoms with Gasteiger partial charge in [0.25, 0.3) is 0 Å². The summed E-state index contributed by atoms with van der Waals surface area (Å²) in [5.74, 6) is 0.262. The van der Waals surface area contributed by atoms with Gasteiger partial charge in [-0.3, -0.25) is 9.78 Å². The van der Waals surface area contributed by atoms with Crippen LogP contribution in [0.1, 0.15) is 57.6 Å². The lowest BCUT2D eigenvalue weighted by Gasteiger charge is -2.33. The average molecular weight is 360 g/mol. The molecule has 26 heavy (non-hydrogen) atoms. The second-order valence-corrected chi connectivity index (χ2v) is 7.03. The summed E-state index contributed by atoms with van der Waals surface area (Å²) in [6, 6.07) is 2.56. The third-order valence-corrected chi connectivity index (χ3v) is 4.78. The molecule has 1 fully saturated rings. The fraction of sp³-hybridized carbons (Fsp3) is 0.619. The highest BCUT2D eigenvalue weighted by Crippen LogP contribution is 2.29. The van der Waals surface area contributed by atoms with Crippen LogP contribution in [0.25, 0.3) is 10.9 Å². The third-order valence-electron chi connectivity index (χ3n) is 4.78. The summed E-state index contributed by atoms with van der Waals surface area (Å²) in [5, 5.41) is 1.23. The molecular formula is C21H33N3O2. The fourth-order valence-electron chi connectivity index (χ4n) is 3.49. The van der Waals surface area contributed by atoms with Gasteiger partial charge in [-0.25, -0.2) is 0 Å². The van der Waals surface area contributed by atoms with Gasteiger partial charge in [0.05, 0.1) is 5.52 Å². The Morgan fingerprint density at radius 2 is 2.00 bits per heavy atom. The monoisotopic (exact) mass is 359 g/mol. The van der Waals surface area contributed by atoms with Crippen LogP contribution >= 0.6 is 0 Å². The van der Waals surface area contributed by atoms with E-state index >= 15 is 0 Å². The first kappa shape index (κ1) is 20.4. The standard InChI is InChI=1S/C18H25N3O2.C3H8/c1-14-13-21(17-5-8-19-12-16(14)17)15-6-9-20(10-7-15)18(22)4-3-11-23-2;1-3-2/h5,8,12-13,15H,3-4,6-7,9-11H2,1-2H3;3H2,1-2H3. The minimum Gasteiger partial charge on any atom is -0.385 e. The van der Waals surface area contributed by atoms with Crippen molar-refractivity contribution < 1.29 is 9.53 Å². The summed E-state index contributed by atoms with van der Waals surface area (Å²) < 4.78 is 7.39. The van der Waals surface area contributed by atoms with E-state index in [1.807, 2.05) is 17.3 Å². The maximum atomic E-state index is 12.2. The number of carbonyl (C=O) groups is 1. The molecule has 0 bridgehead atoms. The Morgan fingerprint density at radius 1 is 1.31 bits per heavy atom. The fourth-order valence-corrected chi connectivity index (χ4v) is 3.49. The van der Waals surface area contributed by atoms with E-state index in [0.717, 1.165) is 32.4 Å². The molecule has 2 aromatic rings. The van der Waals surface area contributed by atoms with Crippen molar-refractivity contribution in [2.75, 3.05) is 26.8 Å². The number of nitrogens with zero attached hydrogens (tertiary/aromatic N) is 3. The Kier molecular flexibility index (Phi) is 8.10. The largest absolute Gasteiger partial charge is 0.385 e. The first-order chi connectivity index (χ1) is 12.6. The third kappa shape index (κ3) is 5.07. The van der Waals surface area contributed by atoms with E-state index in [1.165, 1.54) is 22.9 Å². The van der Waals surface area contributed by atoms with Gasteiger partial charge in [-0.2, -0.15) is 0 Å². The number of fused-ring (bicyclic) bond motifs is 1. The normalized spacial score (nSPS) is 15.0.